The van der Waals surface area contributed by atoms with Crippen molar-refractivity contribution in [2.75, 3.05) is 6.54 Å². The Bertz CT molecular complexity index is 855. The summed E-state index contributed by atoms with van der Waals surface area (Å²) in [6.45, 7) is 2.78. The van der Waals surface area contributed by atoms with Gasteiger partial charge in [0.15, 0.2) is 5.65 Å². The monoisotopic (exact) mass is 340 g/mol. The lowest BCUT2D eigenvalue weighted by Gasteiger charge is -2.35. The van der Waals surface area contributed by atoms with Gasteiger partial charge in [-0.25, -0.2) is 9.50 Å². The number of carbonyl (C=O) groups excluding carboxylic acids is 1. The predicted molar refractivity (Wildman–Crippen MR) is 94.1 cm³/mol. The van der Waals surface area contributed by atoms with Gasteiger partial charge in [-0.2, -0.15) is 16.4 Å². The SMILES string of the molecule is Cc1cc2nc(C3CCCCN3C(=O)Cc3ccsc3)ccn2n1. The fourth-order valence-electron chi connectivity index (χ4n) is 3.41. The fourth-order valence-corrected chi connectivity index (χ4v) is 4.07. The van der Waals surface area contributed by atoms with E-state index in [9.17, 15) is 4.79 Å². The van der Waals surface area contributed by atoms with Crippen LogP contribution in [0.25, 0.3) is 5.65 Å². The first-order valence-electron chi connectivity index (χ1n) is 8.34. The lowest BCUT2D eigenvalue weighted by atomic mass is 9.98. The first-order chi connectivity index (χ1) is 11.7. The molecule has 0 aromatic carbocycles. The van der Waals surface area contributed by atoms with Crippen LogP contribution in [0.5, 0.6) is 0 Å². The van der Waals surface area contributed by atoms with Gasteiger partial charge in [-0.05, 0) is 54.6 Å². The molecule has 3 aromatic heterocycles. The summed E-state index contributed by atoms with van der Waals surface area (Å²) in [6.07, 6.45) is 5.61. The van der Waals surface area contributed by atoms with E-state index >= 15 is 0 Å². The van der Waals surface area contributed by atoms with Gasteiger partial charge in [0.25, 0.3) is 0 Å². The molecule has 0 radical (unpaired) electrons. The van der Waals surface area contributed by atoms with Gasteiger partial charge in [-0.1, -0.05) is 0 Å². The lowest BCUT2D eigenvalue weighted by molar-refractivity contribution is -0.134. The van der Waals surface area contributed by atoms with Crippen LogP contribution in [0, 0.1) is 6.92 Å². The first kappa shape index (κ1) is 15.3. The molecule has 5 nitrogen and oxygen atoms in total. The zero-order chi connectivity index (χ0) is 16.5. The molecule has 1 atom stereocenters. The molecule has 1 aliphatic heterocycles. The average molecular weight is 340 g/mol. The molecule has 3 aromatic rings. The minimum Gasteiger partial charge on any atom is -0.334 e. The van der Waals surface area contributed by atoms with Crippen LogP contribution in [0.2, 0.25) is 0 Å². The van der Waals surface area contributed by atoms with Gasteiger partial charge in [0, 0.05) is 18.8 Å². The van der Waals surface area contributed by atoms with Crippen molar-refractivity contribution in [3.8, 4) is 0 Å². The van der Waals surface area contributed by atoms with E-state index in [1.165, 1.54) is 0 Å². The van der Waals surface area contributed by atoms with E-state index in [1.807, 2.05) is 41.6 Å². The molecule has 1 fully saturated rings. The van der Waals surface area contributed by atoms with Crippen LogP contribution in [0.3, 0.4) is 0 Å². The van der Waals surface area contributed by atoms with Crippen molar-refractivity contribution in [3.63, 3.8) is 0 Å². The summed E-state index contributed by atoms with van der Waals surface area (Å²) in [5, 5.41) is 8.45. The molecule has 0 N–H and O–H groups in total. The molecule has 4 heterocycles. The zero-order valence-corrected chi connectivity index (χ0v) is 14.5. The summed E-state index contributed by atoms with van der Waals surface area (Å²) < 4.78 is 1.79. The maximum atomic E-state index is 12.8. The molecule has 6 heteroatoms. The first-order valence-corrected chi connectivity index (χ1v) is 9.28. The third-order valence-electron chi connectivity index (χ3n) is 4.57. The normalized spacial score (nSPS) is 18.2. The van der Waals surface area contributed by atoms with E-state index in [0.717, 1.165) is 48.4 Å². The highest BCUT2D eigenvalue weighted by atomic mass is 32.1. The lowest BCUT2D eigenvalue weighted by Crippen LogP contribution is -2.39. The van der Waals surface area contributed by atoms with Crippen molar-refractivity contribution < 1.29 is 4.79 Å². The fraction of sp³-hybridized carbons (Fsp3) is 0.389. The maximum Gasteiger partial charge on any atom is 0.227 e. The Labute approximate surface area is 144 Å². The van der Waals surface area contributed by atoms with Crippen molar-refractivity contribution >= 4 is 22.9 Å². The molecule has 0 spiro atoms. The second-order valence-electron chi connectivity index (χ2n) is 6.35. The van der Waals surface area contributed by atoms with E-state index in [1.54, 1.807) is 15.9 Å². The number of carbonyl (C=O) groups is 1. The largest absolute Gasteiger partial charge is 0.334 e. The highest BCUT2D eigenvalue weighted by Crippen LogP contribution is 2.30. The number of rotatable bonds is 3. The summed E-state index contributed by atoms with van der Waals surface area (Å²) >= 11 is 1.64. The molecular weight excluding hydrogens is 320 g/mol. The molecule has 0 bridgehead atoms. The minimum atomic E-state index is 0.0742. The van der Waals surface area contributed by atoms with Crippen molar-refractivity contribution in [1.29, 1.82) is 0 Å². The van der Waals surface area contributed by atoms with Gasteiger partial charge >= 0.3 is 0 Å². The number of likely N-dealkylation sites (tertiary alicyclic amines) is 1. The van der Waals surface area contributed by atoms with E-state index < -0.39 is 0 Å². The molecule has 0 saturated carbocycles. The Morgan fingerprint density at radius 3 is 3.12 bits per heavy atom. The number of hydrogen-bond acceptors (Lipinski definition) is 4. The smallest absolute Gasteiger partial charge is 0.227 e. The summed E-state index contributed by atoms with van der Waals surface area (Å²) in [6, 6.07) is 6.08. The third kappa shape index (κ3) is 2.94. The number of piperidine rings is 1. The average Bonchev–Trinajstić information content (AvgIpc) is 3.22. The third-order valence-corrected chi connectivity index (χ3v) is 5.30. The van der Waals surface area contributed by atoms with Crippen LogP contribution < -0.4 is 0 Å². The van der Waals surface area contributed by atoms with Crippen molar-refractivity contribution in [3.05, 3.63) is 52.1 Å². The van der Waals surface area contributed by atoms with Gasteiger partial charge < -0.3 is 4.90 Å². The number of aromatic nitrogens is 3. The highest BCUT2D eigenvalue weighted by Gasteiger charge is 2.29. The molecule has 4 rings (SSSR count). The van der Waals surface area contributed by atoms with Crippen LogP contribution in [0.1, 0.15) is 42.3 Å². The van der Waals surface area contributed by atoms with Crippen LogP contribution in [-0.4, -0.2) is 31.9 Å². The van der Waals surface area contributed by atoms with Gasteiger partial charge in [0.2, 0.25) is 5.91 Å². The van der Waals surface area contributed by atoms with E-state index in [0.29, 0.717) is 6.42 Å². The van der Waals surface area contributed by atoms with E-state index in [-0.39, 0.29) is 11.9 Å². The Hall–Kier alpha value is -2.21. The molecule has 124 valence electrons. The van der Waals surface area contributed by atoms with Crippen LogP contribution in [0.4, 0.5) is 0 Å². The highest BCUT2D eigenvalue weighted by molar-refractivity contribution is 7.08. The van der Waals surface area contributed by atoms with Crippen LogP contribution in [-0.2, 0) is 11.2 Å². The Morgan fingerprint density at radius 1 is 1.38 bits per heavy atom. The van der Waals surface area contributed by atoms with Gasteiger partial charge in [0.05, 0.1) is 23.9 Å². The summed E-state index contributed by atoms with van der Waals surface area (Å²) in [4.78, 5) is 19.6. The maximum absolute atomic E-state index is 12.8. The molecule has 1 saturated heterocycles. The number of fused-ring (bicyclic) bond motifs is 1. The molecule has 1 amide bonds. The quantitative estimate of drug-likeness (QED) is 0.734. The molecular formula is C18H20N4OS. The second-order valence-corrected chi connectivity index (χ2v) is 7.13. The topological polar surface area (TPSA) is 50.5 Å². The Balaban J connectivity index is 1.61. The molecule has 0 aliphatic carbocycles. The Kier molecular flexibility index (Phi) is 4.06. The van der Waals surface area contributed by atoms with Crippen molar-refractivity contribution in [1.82, 2.24) is 19.5 Å². The summed E-state index contributed by atoms with van der Waals surface area (Å²) in [5.41, 5.74) is 3.87. The predicted octanol–water partition coefficient (Wildman–Crippen LogP) is 3.40. The molecule has 1 aliphatic rings. The van der Waals surface area contributed by atoms with Crippen LogP contribution in [0.15, 0.2) is 35.2 Å². The molecule has 24 heavy (non-hydrogen) atoms. The standard InChI is InChI=1S/C18H20N4OS/c1-13-10-17-19-15(5-8-22(17)20-13)16-4-2-3-7-21(16)18(23)11-14-6-9-24-12-14/h5-6,8-10,12,16H,2-4,7,11H2,1H3. The number of amides is 1. The number of thiophene rings is 1. The number of hydrogen-bond donors (Lipinski definition) is 0. The van der Waals surface area contributed by atoms with Crippen molar-refractivity contribution in [2.24, 2.45) is 0 Å². The van der Waals surface area contributed by atoms with Gasteiger partial charge in [-0.15, -0.1) is 0 Å². The summed E-state index contributed by atoms with van der Waals surface area (Å²) in [7, 11) is 0. The van der Waals surface area contributed by atoms with E-state index in [4.69, 9.17) is 4.98 Å². The van der Waals surface area contributed by atoms with Crippen molar-refractivity contribution in [2.45, 2.75) is 38.6 Å². The zero-order valence-electron chi connectivity index (χ0n) is 13.7. The van der Waals surface area contributed by atoms with Gasteiger partial charge in [-0.3, -0.25) is 4.79 Å². The summed E-state index contributed by atoms with van der Waals surface area (Å²) in [5.74, 6) is 0.199. The second kappa shape index (κ2) is 6.36. The molecule has 1 unspecified atom stereocenters. The Morgan fingerprint density at radius 2 is 2.29 bits per heavy atom. The van der Waals surface area contributed by atoms with E-state index in [2.05, 4.69) is 10.5 Å². The van der Waals surface area contributed by atoms with Gasteiger partial charge in [0.1, 0.15) is 0 Å². The number of nitrogens with zero attached hydrogens (tertiary/aromatic N) is 4. The number of aryl methyl sites for hydroxylation is 1. The minimum absolute atomic E-state index is 0.0742. The van der Waals surface area contributed by atoms with Crippen LogP contribution >= 0.6 is 11.3 Å².